The van der Waals surface area contributed by atoms with Crippen LogP contribution in [0.25, 0.3) is 0 Å². The van der Waals surface area contributed by atoms with Crippen LogP contribution in [0.3, 0.4) is 0 Å². The molecule has 2 fully saturated rings. The van der Waals surface area contributed by atoms with Crippen LogP contribution in [0.5, 0.6) is 0 Å². The van der Waals surface area contributed by atoms with Gasteiger partial charge in [0.15, 0.2) is 0 Å². The van der Waals surface area contributed by atoms with Crippen LogP contribution in [0.4, 0.5) is 10.5 Å². The van der Waals surface area contributed by atoms with Crippen molar-refractivity contribution in [1.29, 1.82) is 0 Å². The van der Waals surface area contributed by atoms with Gasteiger partial charge >= 0.3 is 6.03 Å². The van der Waals surface area contributed by atoms with Crippen LogP contribution in [0, 0.1) is 0 Å². The van der Waals surface area contributed by atoms with Crippen molar-refractivity contribution in [3.8, 4) is 0 Å². The summed E-state index contributed by atoms with van der Waals surface area (Å²) in [4.78, 5) is 13.4. The molecule has 5 N–H and O–H groups in total. The SMILES string of the molecule is CC1NNC(C)C1Sc1ccccc1NC(=O)NC1CCC(O)CC1. The number of rotatable bonds is 4. The topological polar surface area (TPSA) is 85.4 Å². The van der Waals surface area contributed by atoms with E-state index in [-0.39, 0.29) is 18.2 Å². The molecular weight excluding hydrogens is 336 g/mol. The summed E-state index contributed by atoms with van der Waals surface area (Å²) in [6.45, 7) is 4.32. The number of nitrogens with one attached hydrogen (secondary N) is 4. The molecule has 3 rings (SSSR count). The Kier molecular flexibility index (Phi) is 6.22. The Bertz CT molecular complexity index is 582. The third-order valence-corrected chi connectivity index (χ3v) is 6.65. The number of benzene rings is 1. The summed E-state index contributed by atoms with van der Waals surface area (Å²) in [6.07, 6.45) is 2.97. The monoisotopic (exact) mass is 364 g/mol. The fourth-order valence-electron chi connectivity index (χ4n) is 3.45. The summed E-state index contributed by atoms with van der Waals surface area (Å²) in [5.41, 5.74) is 7.37. The largest absolute Gasteiger partial charge is 0.393 e. The molecule has 1 aromatic rings. The number of urea groups is 1. The summed E-state index contributed by atoms with van der Waals surface area (Å²) in [5, 5.41) is 16.0. The summed E-state index contributed by atoms with van der Waals surface area (Å²) in [5.74, 6) is 0. The van der Waals surface area contributed by atoms with E-state index in [4.69, 9.17) is 0 Å². The number of aliphatic hydroxyl groups excluding tert-OH is 1. The van der Waals surface area contributed by atoms with Gasteiger partial charge in [0, 0.05) is 28.3 Å². The molecular formula is C18H28N4O2S. The zero-order chi connectivity index (χ0) is 17.8. The maximum absolute atomic E-state index is 12.4. The molecule has 7 heteroatoms. The molecule has 2 unspecified atom stereocenters. The molecule has 0 aromatic heterocycles. The van der Waals surface area contributed by atoms with Crippen LogP contribution < -0.4 is 21.5 Å². The third kappa shape index (κ3) is 4.88. The predicted octanol–water partition coefficient (Wildman–Crippen LogP) is 2.46. The smallest absolute Gasteiger partial charge is 0.319 e. The van der Waals surface area contributed by atoms with Crippen molar-refractivity contribution in [2.75, 3.05) is 5.32 Å². The molecule has 1 saturated carbocycles. The number of thioether (sulfide) groups is 1. The van der Waals surface area contributed by atoms with E-state index in [0.717, 1.165) is 36.3 Å². The van der Waals surface area contributed by atoms with Gasteiger partial charge in [-0.1, -0.05) is 12.1 Å². The van der Waals surface area contributed by atoms with Gasteiger partial charge < -0.3 is 15.7 Å². The number of hydrogen-bond donors (Lipinski definition) is 5. The minimum absolute atomic E-state index is 0.145. The van der Waals surface area contributed by atoms with Gasteiger partial charge in [0.05, 0.1) is 11.8 Å². The Morgan fingerprint density at radius 2 is 1.76 bits per heavy atom. The molecule has 138 valence electrons. The molecule has 0 radical (unpaired) electrons. The van der Waals surface area contributed by atoms with Crippen LogP contribution in [0.2, 0.25) is 0 Å². The molecule has 1 aliphatic carbocycles. The van der Waals surface area contributed by atoms with Crippen LogP contribution in [-0.2, 0) is 0 Å². The van der Waals surface area contributed by atoms with Gasteiger partial charge in [-0.3, -0.25) is 10.9 Å². The number of hydrogen-bond acceptors (Lipinski definition) is 5. The number of aliphatic hydroxyl groups is 1. The van der Waals surface area contributed by atoms with Crippen molar-refractivity contribution in [1.82, 2.24) is 16.2 Å². The molecule has 1 heterocycles. The fraction of sp³-hybridized carbons (Fsp3) is 0.611. The fourth-order valence-corrected chi connectivity index (χ4v) is 4.69. The second kappa shape index (κ2) is 8.40. The summed E-state index contributed by atoms with van der Waals surface area (Å²) in [7, 11) is 0. The van der Waals surface area contributed by atoms with E-state index < -0.39 is 0 Å². The number of anilines is 1. The first-order valence-electron chi connectivity index (χ1n) is 9.05. The lowest BCUT2D eigenvalue weighted by atomic mass is 9.93. The Balaban J connectivity index is 1.59. The van der Waals surface area contributed by atoms with E-state index in [0.29, 0.717) is 17.3 Å². The third-order valence-electron chi connectivity index (χ3n) is 4.95. The molecule has 2 atom stereocenters. The van der Waals surface area contributed by atoms with Gasteiger partial charge in [-0.25, -0.2) is 4.79 Å². The van der Waals surface area contributed by atoms with Crippen LogP contribution in [-0.4, -0.2) is 40.6 Å². The number of para-hydroxylation sites is 1. The zero-order valence-electron chi connectivity index (χ0n) is 14.8. The molecule has 1 aliphatic heterocycles. The Hall–Kier alpha value is -1.28. The Morgan fingerprint density at radius 1 is 1.12 bits per heavy atom. The summed E-state index contributed by atoms with van der Waals surface area (Å²) < 4.78 is 0. The molecule has 2 amide bonds. The zero-order valence-corrected chi connectivity index (χ0v) is 15.6. The van der Waals surface area contributed by atoms with Gasteiger partial charge in [0.2, 0.25) is 0 Å². The van der Waals surface area contributed by atoms with E-state index in [1.807, 2.05) is 18.2 Å². The van der Waals surface area contributed by atoms with Gasteiger partial charge in [-0.15, -0.1) is 11.8 Å². The van der Waals surface area contributed by atoms with E-state index in [1.54, 1.807) is 11.8 Å². The normalized spacial score (nSPS) is 32.4. The highest BCUT2D eigenvalue weighted by atomic mass is 32.2. The van der Waals surface area contributed by atoms with E-state index in [2.05, 4.69) is 41.4 Å². The number of amides is 2. The first kappa shape index (κ1) is 18.5. The molecule has 1 aromatic carbocycles. The maximum atomic E-state index is 12.4. The summed E-state index contributed by atoms with van der Waals surface area (Å²) in [6, 6.07) is 8.62. The van der Waals surface area contributed by atoms with Crippen molar-refractivity contribution in [2.45, 2.75) is 73.9 Å². The highest BCUT2D eigenvalue weighted by Gasteiger charge is 2.31. The van der Waals surface area contributed by atoms with Crippen LogP contribution in [0.15, 0.2) is 29.2 Å². The first-order chi connectivity index (χ1) is 12.0. The van der Waals surface area contributed by atoms with E-state index in [1.165, 1.54) is 0 Å². The van der Waals surface area contributed by atoms with Crippen molar-refractivity contribution < 1.29 is 9.90 Å². The Labute approximate surface area is 153 Å². The van der Waals surface area contributed by atoms with Gasteiger partial charge in [-0.2, -0.15) is 0 Å². The molecule has 2 aliphatic rings. The predicted molar refractivity (Wildman–Crippen MR) is 102 cm³/mol. The number of carbonyl (C=O) groups is 1. The minimum atomic E-state index is -0.212. The van der Waals surface area contributed by atoms with E-state index >= 15 is 0 Å². The lowest BCUT2D eigenvalue weighted by molar-refractivity contribution is 0.118. The molecule has 0 spiro atoms. The highest BCUT2D eigenvalue weighted by Crippen LogP contribution is 2.34. The lowest BCUT2D eigenvalue weighted by Gasteiger charge is -2.26. The van der Waals surface area contributed by atoms with Gasteiger partial charge in [0.25, 0.3) is 0 Å². The molecule has 25 heavy (non-hydrogen) atoms. The summed E-state index contributed by atoms with van der Waals surface area (Å²) >= 11 is 1.78. The second-order valence-electron chi connectivity index (χ2n) is 7.05. The van der Waals surface area contributed by atoms with Gasteiger partial charge in [-0.05, 0) is 51.7 Å². The van der Waals surface area contributed by atoms with E-state index in [9.17, 15) is 9.90 Å². The second-order valence-corrected chi connectivity index (χ2v) is 8.27. The number of hydrazine groups is 1. The average Bonchev–Trinajstić information content (AvgIpc) is 2.90. The number of carbonyl (C=O) groups excluding carboxylic acids is 1. The standard InChI is InChI=1S/C18H28N4O2S/c1-11-17(12(2)22-21-11)25-16-6-4-3-5-15(16)20-18(24)19-13-7-9-14(23)10-8-13/h3-6,11-14,17,21-23H,7-10H2,1-2H3,(H2,19,20,24). The maximum Gasteiger partial charge on any atom is 0.319 e. The lowest BCUT2D eigenvalue weighted by Crippen LogP contribution is -2.41. The quantitative estimate of drug-likeness (QED) is 0.567. The van der Waals surface area contributed by atoms with Crippen molar-refractivity contribution >= 4 is 23.5 Å². The van der Waals surface area contributed by atoms with Crippen LogP contribution >= 0.6 is 11.8 Å². The molecule has 6 nitrogen and oxygen atoms in total. The molecule has 1 saturated heterocycles. The van der Waals surface area contributed by atoms with Gasteiger partial charge in [0.1, 0.15) is 0 Å². The molecule has 0 bridgehead atoms. The minimum Gasteiger partial charge on any atom is -0.393 e. The van der Waals surface area contributed by atoms with Crippen molar-refractivity contribution in [2.24, 2.45) is 0 Å². The van der Waals surface area contributed by atoms with Crippen molar-refractivity contribution in [3.63, 3.8) is 0 Å². The van der Waals surface area contributed by atoms with Crippen molar-refractivity contribution in [3.05, 3.63) is 24.3 Å². The van der Waals surface area contributed by atoms with Crippen LogP contribution in [0.1, 0.15) is 39.5 Å². The highest BCUT2D eigenvalue weighted by molar-refractivity contribution is 8.00. The first-order valence-corrected chi connectivity index (χ1v) is 9.93. The average molecular weight is 365 g/mol. The Morgan fingerprint density at radius 3 is 2.44 bits per heavy atom.